The van der Waals surface area contributed by atoms with Crippen LogP contribution in [0.5, 0.6) is 0 Å². The van der Waals surface area contributed by atoms with E-state index in [1.54, 1.807) is 6.20 Å². The second kappa shape index (κ2) is 16.1. The monoisotopic (exact) mass is 612 g/mol. The van der Waals surface area contributed by atoms with Crippen LogP contribution in [0.4, 0.5) is 4.79 Å². The lowest BCUT2D eigenvalue weighted by Gasteiger charge is -2.25. The predicted molar refractivity (Wildman–Crippen MR) is 171 cm³/mol. The van der Waals surface area contributed by atoms with Crippen molar-refractivity contribution in [1.29, 1.82) is 0 Å². The van der Waals surface area contributed by atoms with E-state index in [9.17, 15) is 19.2 Å². The maximum absolute atomic E-state index is 13.8. The van der Waals surface area contributed by atoms with Crippen LogP contribution in [0, 0.1) is 5.92 Å². The number of alkyl carbamates (subject to hydrolysis) is 1. The van der Waals surface area contributed by atoms with E-state index in [4.69, 9.17) is 9.47 Å². The van der Waals surface area contributed by atoms with E-state index >= 15 is 0 Å². The summed E-state index contributed by atoms with van der Waals surface area (Å²) in [6.07, 6.45) is 1.51. The van der Waals surface area contributed by atoms with Gasteiger partial charge >= 0.3 is 12.1 Å². The largest absolute Gasteiger partial charge is 0.459 e. The van der Waals surface area contributed by atoms with Crippen LogP contribution in [0.3, 0.4) is 0 Å². The first-order chi connectivity index (χ1) is 21.7. The van der Waals surface area contributed by atoms with Crippen LogP contribution in [-0.4, -0.2) is 47.0 Å². The molecule has 0 fully saturated rings. The predicted octanol–water partition coefficient (Wildman–Crippen LogP) is 4.78. The van der Waals surface area contributed by atoms with E-state index in [-0.39, 0.29) is 25.6 Å². The summed E-state index contributed by atoms with van der Waals surface area (Å²) in [6, 6.07) is 23.1. The number of H-pyrrole nitrogens is 1. The standard InChI is InChI=1S/C35H40N4O6/c1-23(2)18-31(34(42)44-21-25-12-6-4-7-13-25)39-33(41)30(19-27-20-36-29-17-11-10-16-28(27)29)38-32(40)24(3)37-35(43)45-22-26-14-8-5-9-15-26/h4-17,20,23-24,30-31,36H,18-19,21-22H2,1-3H3,(H,37,43)(H,38,40)(H,39,41)/t24-,30-,31-/m0/s1. The van der Waals surface area contributed by atoms with Gasteiger partial charge in [0.05, 0.1) is 0 Å². The Balaban J connectivity index is 1.45. The molecule has 10 heteroatoms. The number of carbonyl (C=O) groups excluding carboxylic acids is 4. The number of ether oxygens (including phenoxy) is 2. The Labute approximate surface area is 262 Å². The number of fused-ring (bicyclic) bond motifs is 1. The Morgan fingerprint density at radius 3 is 1.91 bits per heavy atom. The van der Waals surface area contributed by atoms with E-state index < -0.39 is 42.0 Å². The van der Waals surface area contributed by atoms with E-state index in [0.717, 1.165) is 27.6 Å². The third-order valence-electron chi connectivity index (χ3n) is 7.20. The van der Waals surface area contributed by atoms with E-state index in [2.05, 4.69) is 20.9 Å². The minimum absolute atomic E-state index is 0.0459. The van der Waals surface area contributed by atoms with Gasteiger partial charge < -0.3 is 30.4 Å². The molecule has 236 valence electrons. The van der Waals surface area contributed by atoms with Crippen molar-refractivity contribution in [3.8, 4) is 0 Å². The maximum atomic E-state index is 13.8. The van der Waals surface area contributed by atoms with Crippen LogP contribution in [0.2, 0.25) is 0 Å². The number of carbonyl (C=O) groups is 4. The highest BCUT2D eigenvalue weighted by Crippen LogP contribution is 2.20. The molecule has 3 amide bonds. The molecule has 4 N–H and O–H groups in total. The number of amides is 3. The van der Waals surface area contributed by atoms with Gasteiger partial charge in [-0.2, -0.15) is 0 Å². The summed E-state index contributed by atoms with van der Waals surface area (Å²) in [6.45, 7) is 5.51. The third-order valence-corrected chi connectivity index (χ3v) is 7.20. The van der Waals surface area contributed by atoms with Gasteiger partial charge in [0.2, 0.25) is 11.8 Å². The summed E-state index contributed by atoms with van der Waals surface area (Å²) in [7, 11) is 0. The Morgan fingerprint density at radius 2 is 1.27 bits per heavy atom. The molecule has 10 nitrogen and oxygen atoms in total. The SMILES string of the molecule is CC(C)C[C@H](NC(=O)[C@H](Cc1c[nH]c2ccccc12)NC(=O)[C@H](C)NC(=O)OCc1ccccc1)C(=O)OCc1ccccc1. The van der Waals surface area contributed by atoms with Gasteiger partial charge in [0, 0.05) is 23.5 Å². The molecule has 0 saturated carbocycles. The zero-order chi connectivity index (χ0) is 32.2. The zero-order valence-corrected chi connectivity index (χ0v) is 25.7. The smallest absolute Gasteiger partial charge is 0.408 e. The van der Waals surface area contributed by atoms with Crippen molar-refractivity contribution in [2.75, 3.05) is 0 Å². The minimum Gasteiger partial charge on any atom is -0.459 e. The Hall–Kier alpha value is -5.12. The van der Waals surface area contributed by atoms with Crippen molar-refractivity contribution in [2.24, 2.45) is 5.92 Å². The Kier molecular flexibility index (Phi) is 11.7. The number of aromatic amines is 1. The fourth-order valence-corrected chi connectivity index (χ4v) is 4.82. The van der Waals surface area contributed by atoms with Gasteiger partial charge in [-0.1, -0.05) is 92.7 Å². The summed E-state index contributed by atoms with van der Waals surface area (Å²) >= 11 is 0. The molecule has 0 saturated heterocycles. The van der Waals surface area contributed by atoms with Crippen molar-refractivity contribution < 1.29 is 28.7 Å². The second-order valence-electron chi connectivity index (χ2n) is 11.3. The summed E-state index contributed by atoms with van der Waals surface area (Å²) in [5, 5.41) is 9.00. The first-order valence-corrected chi connectivity index (χ1v) is 15.0. The van der Waals surface area contributed by atoms with Crippen molar-refractivity contribution in [3.63, 3.8) is 0 Å². The molecule has 45 heavy (non-hydrogen) atoms. The lowest BCUT2D eigenvalue weighted by Crippen LogP contribution is -2.56. The van der Waals surface area contributed by atoms with Crippen LogP contribution < -0.4 is 16.0 Å². The normalized spacial score (nSPS) is 13.0. The van der Waals surface area contributed by atoms with Crippen LogP contribution in [0.1, 0.15) is 43.9 Å². The molecule has 4 rings (SSSR count). The van der Waals surface area contributed by atoms with Gasteiger partial charge in [-0.25, -0.2) is 9.59 Å². The molecule has 0 aliphatic rings. The molecule has 3 atom stereocenters. The average molecular weight is 613 g/mol. The van der Waals surface area contributed by atoms with Gasteiger partial charge in [0.25, 0.3) is 0 Å². The topological polar surface area (TPSA) is 139 Å². The van der Waals surface area contributed by atoms with Crippen molar-refractivity contribution in [1.82, 2.24) is 20.9 Å². The van der Waals surface area contributed by atoms with Crippen molar-refractivity contribution in [3.05, 3.63) is 108 Å². The third kappa shape index (κ3) is 9.96. The first kappa shape index (κ1) is 32.8. The number of hydrogen-bond donors (Lipinski definition) is 4. The molecule has 0 radical (unpaired) electrons. The average Bonchev–Trinajstić information content (AvgIpc) is 3.45. The number of hydrogen-bond acceptors (Lipinski definition) is 6. The number of benzene rings is 3. The molecule has 1 heterocycles. The maximum Gasteiger partial charge on any atom is 0.408 e. The Bertz CT molecular complexity index is 1570. The summed E-state index contributed by atoms with van der Waals surface area (Å²) in [5.41, 5.74) is 3.32. The lowest BCUT2D eigenvalue weighted by molar-refractivity contribution is -0.149. The molecule has 0 spiro atoms. The number of rotatable bonds is 14. The zero-order valence-electron chi connectivity index (χ0n) is 25.7. The van der Waals surface area contributed by atoms with Crippen LogP contribution in [0.15, 0.2) is 91.1 Å². The minimum atomic E-state index is -1.06. The molecule has 0 aliphatic heterocycles. The van der Waals surface area contributed by atoms with Crippen molar-refractivity contribution >= 4 is 34.8 Å². The molecule has 3 aromatic carbocycles. The fraction of sp³-hybridized carbons (Fsp3) is 0.314. The van der Waals surface area contributed by atoms with Gasteiger partial charge in [-0.15, -0.1) is 0 Å². The van der Waals surface area contributed by atoms with E-state index in [0.29, 0.717) is 6.42 Å². The highest BCUT2D eigenvalue weighted by Gasteiger charge is 2.30. The van der Waals surface area contributed by atoms with Gasteiger partial charge in [-0.3, -0.25) is 9.59 Å². The van der Waals surface area contributed by atoms with E-state index in [1.165, 1.54) is 6.92 Å². The quantitative estimate of drug-likeness (QED) is 0.151. The van der Waals surface area contributed by atoms with Crippen molar-refractivity contribution in [2.45, 2.75) is 65.0 Å². The van der Waals surface area contributed by atoms with Crippen LogP contribution in [-0.2, 0) is 43.5 Å². The fourth-order valence-electron chi connectivity index (χ4n) is 4.82. The molecule has 4 aromatic rings. The molecule has 0 aliphatic carbocycles. The number of esters is 1. The van der Waals surface area contributed by atoms with Gasteiger partial charge in [-0.05, 0) is 42.0 Å². The summed E-state index contributed by atoms with van der Waals surface area (Å²) < 4.78 is 10.8. The Morgan fingerprint density at radius 1 is 0.689 bits per heavy atom. The van der Waals surface area contributed by atoms with Crippen LogP contribution in [0.25, 0.3) is 10.9 Å². The highest BCUT2D eigenvalue weighted by molar-refractivity contribution is 5.94. The lowest BCUT2D eigenvalue weighted by atomic mass is 10.0. The molecule has 0 bridgehead atoms. The molecule has 1 aromatic heterocycles. The van der Waals surface area contributed by atoms with E-state index in [1.807, 2.05) is 98.8 Å². The molecular weight excluding hydrogens is 572 g/mol. The number of para-hydroxylation sites is 1. The highest BCUT2D eigenvalue weighted by atomic mass is 16.5. The summed E-state index contributed by atoms with van der Waals surface area (Å²) in [5.74, 6) is -1.62. The summed E-state index contributed by atoms with van der Waals surface area (Å²) in [4.78, 5) is 55.7. The second-order valence-corrected chi connectivity index (χ2v) is 11.3. The first-order valence-electron chi connectivity index (χ1n) is 15.0. The molecule has 0 unspecified atom stereocenters. The van der Waals surface area contributed by atoms with Crippen LogP contribution >= 0.6 is 0 Å². The number of aromatic nitrogens is 1. The van der Waals surface area contributed by atoms with Gasteiger partial charge in [0.15, 0.2) is 0 Å². The number of nitrogens with one attached hydrogen (secondary N) is 4. The van der Waals surface area contributed by atoms with Gasteiger partial charge in [0.1, 0.15) is 31.3 Å². The molecular formula is C35H40N4O6.